The molecule has 1 aromatic heterocycles. The number of hydrogen-bond acceptors (Lipinski definition) is 3. The van der Waals surface area contributed by atoms with E-state index in [-0.39, 0.29) is 29.6 Å². The minimum Gasteiger partial charge on any atom is -0.481 e. The highest BCUT2D eigenvalue weighted by Crippen LogP contribution is 2.31. The number of aryl methyl sites for hydroxylation is 1. The van der Waals surface area contributed by atoms with Gasteiger partial charge in [0, 0.05) is 32.4 Å². The molecule has 152 valence electrons. The van der Waals surface area contributed by atoms with Crippen LogP contribution in [-0.2, 0) is 16.0 Å². The third kappa shape index (κ3) is 5.12. The van der Waals surface area contributed by atoms with Crippen LogP contribution in [0.1, 0.15) is 51.4 Å². The van der Waals surface area contributed by atoms with Gasteiger partial charge in [0.2, 0.25) is 5.91 Å². The van der Waals surface area contributed by atoms with Crippen molar-refractivity contribution in [2.24, 2.45) is 17.3 Å². The van der Waals surface area contributed by atoms with Crippen LogP contribution in [0.3, 0.4) is 0 Å². The second-order valence-electron chi connectivity index (χ2n) is 9.39. The van der Waals surface area contributed by atoms with E-state index >= 15 is 0 Å². The number of rotatable bonds is 5. The summed E-state index contributed by atoms with van der Waals surface area (Å²) >= 11 is 0. The quantitative estimate of drug-likeness (QED) is 0.820. The number of H-pyrrole nitrogens is 1. The molecule has 0 unspecified atom stereocenters. The molecule has 3 rings (SSSR count). The summed E-state index contributed by atoms with van der Waals surface area (Å²) in [6.07, 6.45) is 2.04. The highest BCUT2D eigenvalue weighted by molar-refractivity contribution is 5.77. The Bertz CT molecular complexity index is 866. The zero-order valence-electron chi connectivity index (χ0n) is 17.3. The number of likely N-dealkylation sites (tertiary alicyclic amines) is 1. The molecule has 2 atom stereocenters. The Kier molecular flexibility index (Phi) is 5.77. The van der Waals surface area contributed by atoms with Gasteiger partial charge in [0.1, 0.15) is 5.82 Å². The number of nitrogens with zero attached hydrogens (tertiary/aromatic N) is 2. The Labute approximate surface area is 166 Å². The summed E-state index contributed by atoms with van der Waals surface area (Å²) in [6.45, 7) is 9.48. The van der Waals surface area contributed by atoms with E-state index in [0.717, 1.165) is 23.3 Å². The third-order valence-electron chi connectivity index (χ3n) is 5.50. The van der Waals surface area contributed by atoms with E-state index in [2.05, 4.69) is 36.8 Å². The normalized spacial score (nSPS) is 20.5. The number of aliphatic carboxylic acids is 1. The van der Waals surface area contributed by atoms with E-state index < -0.39 is 5.97 Å². The molecule has 6 heteroatoms. The predicted octanol–water partition coefficient (Wildman–Crippen LogP) is 3.79. The first-order chi connectivity index (χ1) is 13.1. The van der Waals surface area contributed by atoms with Crippen LogP contribution in [0.2, 0.25) is 0 Å². The summed E-state index contributed by atoms with van der Waals surface area (Å²) in [4.78, 5) is 34.0. The minimum atomic E-state index is -0.773. The summed E-state index contributed by atoms with van der Waals surface area (Å²) in [5.41, 5.74) is 3.04. The van der Waals surface area contributed by atoms with Gasteiger partial charge in [-0.25, -0.2) is 4.98 Å². The first-order valence-corrected chi connectivity index (χ1v) is 10.1. The lowest BCUT2D eigenvalue weighted by Gasteiger charge is -2.39. The Morgan fingerprint density at radius 1 is 1.29 bits per heavy atom. The molecule has 1 amide bonds. The molecular weight excluding hydrogens is 354 g/mol. The van der Waals surface area contributed by atoms with Gasteiger partial charge in [-0.05, 0) is 48.3 Å². The summed E-state index contributed by atoms with van der Waals surface area (Å²) in [5, 5.41) is 9.32. The summed E-state index contributed by atoms with van der Waals surface area (Å²) in [7, 11) is 0. The third-order valence-corrected chi connectivity index (χ3v) is 5.50. The summed E-state index contributed by atoms with van der Waals surface area (Å²) < 4.78 is 0. The van der Waals surface area contributed by atoms with Crippen molar-refractivity contribution in [1.29, 1.82) is 0 Å². The number of aromatic nitrogens is 2. The maximum atomic E-state index is 12.7. The van der Waals surface area contributed by atoms with Crippen LogP contribution in [-0.4, -0.2) is 44.9 Å². The zero-order chi connectivity index (χ0) is 20.5. The van der Waals surface area contributed by atoms with Crippen LogP contribution in [0.4, 0.5) is 0 Å². The fourth-order valence-corrected chi connectivity index (χ4v) is 4.12. The molecule has 1 aliphatic rings. The van der Waals surface area contributed by atoms with Crippen molar-refractivity contribution in [3.8, 4) is 0 Å². The van der Waals surface area contributed by atoms with Crippen LogP contribution < -0.4 is 0 Å². The lowest BCUT2D eigenvalue weighted by Crippen LogP contribution is -2.46. The molecule has 6 nitrogen and oxygen atoms in total. The van der Waals surface area contributed by atoms with E-state index in [4.69, 9.17) is 0 Å². The molecule has 0 radical (unpaired) electrons. The second-order valence-corrected chi connectivity index (χ2v) is 9.39. The lowest BCUT2D eigenvalue weighted by molar-refractivity contribution is -0.140. The van der Waals surface area contributed by atoms with Gasteiger partial charge in [0.15, 0.2) is 0 Å². The molecule has 1 saturated heterocycles. The fraction of sp³-hybridized carbons (Fsp3) is 0.591. The number of carboxylic acid groups (broad SMARTS) is 1. The number of hydrogen-bond donors (Lipinski definition) is 2. The Morgan fingerprint density at radius 3 is 2.71 bits per heavy atom. The number of amides is 1. The number of carboxylic acids is 1. The van der Waals surface area contributed by atoms with Crippen LogP contribution in [0.15, 0.2) is 18.2 Å². The number of benzene rings is 1. The van der Waals surface area contributed by atoms with Crippen molar-refractivity contribution in [3.63, 3.8) is 0 Å². The number of nitrogens with one attached hydrogen (secondary N) is 1. The molecule has 0 bridgehead atoms. The van der Waals surface area contributed by atoms with Crippen molar-refractivity contribution in [2.75, 3.05) is 13.1 Å². The van der Waals surface area contributed by atoms with Gasteiger partial charge in [0.05, 0.1) is 11.0 Å². The van der Waals surface area contributed by atoms with Crippen molar-refractivity contribution in [2.45, 2.75) is 53.4 Å². The van der Waals surface area contributed by atoms with Gasteiger partial charge < -0.3 is 15.0 Å². The van der Waals surface area contributed by atoms with Crippen LogP contribution in [0.25, 0.3) is 11.0 Å². The fourth-order valence-electron chi connectivity index (χ4n) is 4.12. The molecule has 2 N–H and O–H groups in total. The SMILES string of the molecule is Cc1ccc2nc(C[C@H]3CN(C(=O)CC(C)(C)C)CC[C@H]3CC(=O)O)[nH]c2c1. The largest absolute Gasteiger partial charge is 0.481 e. The molecule has 0 spiro atoms. The van der Waals surface area contributed by atoms with Gasteiger partial charge in [-0.3, -0.25) is 9.59 Å². The molecule has 2 aromatic rings. The Balaban J connectivity index is 1.77. The maximum absolute atomic E-state index is 12.7. The van der Waals surface area contributed by atoms with Crippen LogP contribution >= 0.6 is 0 Å². The van der Waals surface area contributed by atoms with E-state index in [1.807, 2.05) is 24.0 Å². The van der Waals surface area contributed by atoms with Crippen molar-refractivity contribution in [3.05, 3.63) is 29.6 Å². The molecule has 1 aromatic carbocycles. The molecule has 0 aliphatic carbocycles. The van der Waals surface area contributed by atoms with Crippen LogP contribution in [0, 0.1) is 24.2 Å². The zero-order valence-corrected chi connectivity index (χ0v) is 17.3. The van der Waals surface area contributed by atoms with Gasteiger partial charge in [-0.2, -0.15) is 0 Å². The van der Waals surface area contributed by atoms with E-state index in [9.17, 15) is 14.7 Å². The molecular formula is C22H31N3O3. The highest BCUT2D eigenvalue weighted by atomic mass is 16.4. The molecule has 28 heavy (non-hydrogen) atoms. The number of aromatic amines is 1. The van der Waals surface area contributed by atoms with E-state index in [0.29, 0.717) is 25.9 Å². The number of fused-ring (bicyclic) bond motifs is 1. The monoisotopic (exact) mass is 385 g/mol. The standard InChI is InChI=1S/C22H31N3O3/c1-14-5-6-17-18(9-14)24-19(23-17)10-16-13-25(20(26)12-22(2,3)4)8-7-15(16)11-21(27)28/h5-6,9,15-16H,7-8,10-13H2,1-4H3,(H,23,24)(H,27,28)/t15-,16-/m0/s1. The molecule has 0 saturated carbocycles. The second kappa shape index (κ2) is 7.94. The maximum Gasteiger partial charge on any atom is 0.303 e. The molecule has 2 heterocycles. The smallest absolute Gasteiger partial charge is 0.303 e. The first kappa shape index (κ1) is 20.4. The highest BCUT2D eigenvalue weighted by Gasteiger charge is 2.34. The van der Waals surface area contributed by atoms with Crippen molar-refractivity contribution >= 4 is 22.9 Å². The molecule has 1 aliphatic heterocycles. The minimum absolute atomic E-state index is 0.0545. The first-order valence-electron chi connectivity index (χ1n) is 10.1. The number of piperidine rings is 1. The van der Waals surface area contributed by atoms with Gasteiger partial charge in [-0.1, -0.05) is 26.8 Å². The van der Waals surface area contributed by atoms with Crippen molar-refractivity contribution in [1.82, 2.24) is 14.9 Å². The van der Waals surface area contributed by atoms with Crippen molar-refractivity contribution < 1.29 is 14.7 Å². The summed E-state index contributed by atoms with van der Waals surface area (Å²) in [6, 6.07) is 6.10. The van der Waals surface area contributed by atoms with Gasteiger partial charge >= 0.3 is 5.97 Å². The predicted molar refractivity (Wildman–Crippen MR) is 109 cm³/mol. The average molecular weight is 386 g/mol. The Hall–Kier alpha value is -2.37. The van der Waals surface area contributed by atoms with Crippen LogP contribution in [0.5, 0.6) is 0 Å². The van der Waals surface area contributed by atoms with Gasteiger partial charge in [-0.15, -0.1) is 0 Å². The molecule has 1 fully saturated rings. The van der Waals surface area contributed by atoms with Gasteiger partial charge in [0.25, 0.3) is 0 Å². The number of carbonyl (C=O) groups excluding carboxylic acids is 1. The van der Waals surface area contributed by atoms with E-state index in [1.54, 1.807) is 0 Å². The van der Waals surface area contributed by atoms with E-state index in [1.165, 1.54) is 5.56 Å². The average Bonchev–Trinajstić information content (AvgIpc) is 2.95. The topological polar surface area (TPSA) is 86.3 Å². The number of imidazole rings is 1. The number of carbonyl (C=O) groups is 2. The Morgan fingerprint density at radius 2 is 2.04 bits per heavy atom. The summed E-state index contributed by atoms with van der Waals surface area (Å²) in [5.74, 6) is 0.406. The lowest BCUT2D eigenvalue weighted by atomic mass is 9.80.